The summed E-state index contributed by atoms with van der Waals surface area (Å²) in [4.78, 5) is 11.4. The number of benzene rings is 1. The van der Waals surface area contributed by atoms with E-state index < -0.39 is 0 Å². The largest absolute Gasteiger partial charge is 0.481 e. The van der Waals surface area contributed by atoms with E-state index in [0.717, 1.165) is 0 Å². The number of carbonyl (C=O) groups is 1. The van der Waals surface area contributed by atoms with E-state index in [0.29, 0.717) is 24.5 Å². The van der Waals surface area contributed by atoms with Crippen LogP contribution in [0.4, 0.5) is 0 Å². The van der Waals surface area contributed by atoms with E-state index in [4.69, 9.17) is 9.47 Å². The fourth-order valence-electron chi connectivity index (χ4n) is 1.32. The lowest BCUT2D eigenvalue weighted by molar-refractivity contribution is 0.0526. The Bertz CT molecular complexity index is 469. The summed E-state index contributed by atoms with van der Waals surface area (Å²) in [5.74, 6) is 6.43. The summed E-state index contributed by atoms with van der Waals surface area (Å²) in [7, 11) is 0. The summed E-state index contributed by atoms with van der Waals surface area (Å²) in [5, 5.41) is 0. The van der Waals surface area contributed by atoms with Crippen LogP contribution >= 0.6 is 0 Å². The molecule has 1 rings (SSSR count). The molecule has 0 atom stereocenters. The molecule has 0 amide bonds. The van der Waals surface area contributed by atoms with Crippen LogP contribution in [0, 0.1) is 17.3 Å². The Hall–Kier alpha value is -1.95. The minimum Gasteiger partial charge on any atom is -0.481 e. The van der Waals surface area contributed by atoms with Gasteiger partial charge in [0.15, 0.2) is 0 Å². The minimum absolute atomic E-state index is 0.0167. The van der Waals surface area contributed by atoms with Crippen molar-refractivity contribution in [2.45, 2.75) is 27.7 Å². The van der Waals surface area contributed by atoms with Crippen LogP contribution in [0.15, 0.2) is 24.3 Å². The quantitative estimate of drug-likeness (QED) is 0.615. The molecule has 0 aliphatic rings. The Morgan fingerprint density at radius 2 is 1.84 bits per heavy atom. The highest BCUT2D eigenvalue weighted by Gasteiger charge is 2.06. The molecule has 1 aromatic rings. The van der Waals surface area contributed by atoms with Crippen LogP contribution in [0.5, 0.6) is 5.75 Å². The van der Waals surface area contributed by atoms with Crippen molar-refractivity contribution in [3.63, 3.8) is 0 Å². The molecule has 1 aromatic carbocycles. The fourth-order valence-corrected chi connectivity index (χ4v) is 1.32. The van der Waals surface area contributed by atoms with Crippen LogP contribution in [0.3, 0.4) is 0 Å². The van der Waals surface area contributed by atoms with Gasteiger partial charge in [0.25, 0.3) is 0 Å². The van der Waals surface area contributed by atoms with E-state index in [2.05, 4.69) is 11.8 Å². The van der Waals surface area contributed by atoms with E-state index in [1.807, 2.05) is 20.8 Å². The van der Waals surface area contributed by atoms with Gasteiger partial charge in [0.1, 0.15) is 12.4 Å². The monoisotopic (exact) mass is 260 g/mol. The van der Waals surface area contributed by atoms with Crippen LogP contribution < -0.4 is 4.74 Å². The maximum atomic E-state index is 11.4. The van der Waals surface area contributed by atoms with Crippen molar-refractivity contribution < 1.29 is 14.3 Å². The van der Waals surface area contributed by atoms with Crippen molar-refractivity contribution in [2.75, 3.05) is 13.2 Å². The molecular weight excluding hydrogens is 240 g/mol. The van der Waals surface area contributed by atoms with Gasteiger partial charge in [0.2, 0.25) is 0 Å². The van der Waals surface area contributed by atoms with Crippen molar-refractivity contribution in [3.8, 4) is 17.6 Å². The van der Waals surface area contributed by atoms with Gasteiger partial charge in [-0.05, 0) is 52.0 Å². The third kappa shape index (κ3) is 5.96. The first-order valence-electron chi connectivity index (χ1n) is 6.32. The summed E-state index contributed by atoms with van der Waals surface area (Å²) in [6.45, 7) is 8.65. The first-order chi connectivity index (χ1) is 8.92. The lowest BCUT2D eigenvalue weighted by Crippen LogP contribution is -2.04. The average molecular weight is 260 g/mol. The molecule has 0 bridgehead atoms. The number of ether oxygens (including phenoxy) is 2. The van der Waals surface area contributed by atoms with Crippen molar-refractivity contribution in [1.29, 1.82) is 0 Å². The summed E-state index contributed by atoms with van der Waals surface area (Å²) in [6.07, 6.45) is 0. The predicted octanol–water partition coefficient (Wildman–Crippen LogP) is 3.29. The van der Waals surface area contributed by atoms with Crippen LogP contribution in [0.1, 0.15) is 38.1 Å². The van der Waals surface area contributed by atoms with Crippen LogP contribution in [-0.2, 0) is 4.74 Å². The second kappa shape index (κ2) is 6.84. The Balaban J connectivity index is 2.53. The van der Waals surface area contributed by atoms with Gasteiger partial charge >= 0.3 is 5.97 Å². The van der Waals surface area contributed by atoms with Crippen LogP contribution in [0.25, 0.3) is 0 Å². The zero-order valence-corrected chi connectivity index (χ0v) is 11.9. The first kappa shape index (κ1) is 15.1. The highest BCUT2D eigenvalue weighted by Crippen LogP contribution is 2.13. The van der Waals surface area contributed by atoms with E-state index in [9.17, 15) is 4.79 Å². The molecule has 0 fully saturated rings. The molecule has 0 spiro atoms. The molecule has 102 valence electrons. The van der Waals surface area contributed by atoms with Crippen LogP contribution in [-0.4, -0.2) is 19.2 Å². The van der Waals surface area contributed by atoms with Crippen molar-refractivity contribution in [2.24, 2.45) is 5.41 Å². The Kier molecular flexibility index (Phi) is 5.44. The van der Waals surface area contributed by atoms with E-state index in [1.165, 1.54) is 0 Å². The van der Waals surface area contributed by atoms with Gasteiger partial charge in [0.05, 0.1) is 12.2 Å². The molecule has 0 heterocycles. The van der Waals surface area contributed by atoms with Gasteiger partial charge in [0, 0.05) is 5.41 Å². The summed E-state index contributed by atoms with van der Waals surface area (Å²) in [6, 6.07) is 6.85. The number of hydrogen-bond donors (Lipinski definition) is 0. The molecule has 0 radical (unpaired) electrons. The SMILES string of the molecule is CCOC(=O)c1ccc(OCC#CC(C)(C)C)cc1. The summed E-state index contributed by atoms with van der Waals surface area (Å²) in [5.41, 5.74) is 0.506. The van der Waals surface area contributed by atoms with Gasteiger partial charge in [-0.2, -0.15) is 0 Å². The topological polar surface area (TPSA) is 35.5 Å². The number of esters is 1. The smallest absolute Gasteiger partial charge is 0.338 e. The maximum absolute atomic E-state index is 11.4. The molecule has 0 aromatic heterocycles. The summed E-state index contributed by atoms with van der Waals surface area (Å²) < 4.78 is 10.4. The first-order valence-corrected chi connectivity index (χ1v) is 6.32. The van der Waals surface area contributed by atoms with Crippen molar-refractivity contribution >= 4 is 5.97 Å². The van der Waals surface area contributed by atoms with Crippen molar-refractivity contribution in [3.05, 3.63) is 29.8 Å². The van der Waals surface area contributed by atoms with Gasteiger partial charge < -0.3 is 9.47 Å². The Morgan fingerprint density at radius 1 is 1.21 bits per heavy atom. The van der Waals surface area contributed by atoms with Crippen LogP contribution in [0.2, 0.25) is 0 Å². The van der Waals surface area contributed by atoms with Gasteiger partial charge in [-0.1, -0.05) is 11.8 Å². The normalized spacial score (nSPS) is 10.3. The zero-order chi connectivity index (χ0) is 14.3. The molecular formula is C16H20O3. The minimum atomic E-state index is -0.318. The molecule has 0 aliphatic carbocycles. The lowest BCUT2D eigenvalue weighted by atomic mass is 9.98. The van der Waals surface area contributed by atoms with E-state index >= 15 is 0 Å². The van der Waals surface area contributed by atoms with E-state index in [-0.39, 0.29) is 11.4 Å². The maximum Gasteiger partial charge on any atom is 0.338 e. The molecule has 3 heteroatoms. The van der Waals surface area contributed by atoms with E-state index in [1.54, 1.807) is 31.2 Å². The number of carbonyl (C=O) groups excluding carboxylic acids is 1. The molecule has 19 heavy (non-hydrogen) atoms. The second-order valence-corrected chi connectivity index (χ2v) is 5.09. The molecule has 0 saturated heterocycles. The summed E-state index contributed by atoms with van der Waals surface area (Å²) >= 11 is 0. The average Bonchev–Trinajstić information content (AvgIpc) is 2.34. The van der Waals surface area contributed by atoms with Gasteiger partial charge in [-0.3, -0.25) is 0 Å². The third-order valence-corrected chi connectivity index (χ3v) is 2.14. The highest BCUT2D eigenvalue weighted by atomic mass is 16.5. The Morgan fingerprint density at radius 3 is 2.37 bits per heavy atom. The number of hydrogen-bond acceptors (Lipinski definition) is 3. The number of rotatable bonds is 4. The molecule has 0 saturated carbocycles. The third-order valence-electron chi connectivity index (χ3n) is 2.14. The fraction of sp³-hybridized carbons (Fsp3) is 0.438. The molecule has 0 N–H and O–H groups in total. The molecule has 3 nitrogen and oxygen atoms in total. The molecule has 0 aliphatic heterocycles. The standard InChI is InChI=1S/C16H20O3/c1-5-18-15(17)13-7-9-14(10-8-13)19-12-6-11-16(2,3)4/h7-10H,5,12H2,1-4H3. The molecule has 0 unspecified atom stereocenters. The van der Waals surface area contributed by atoms with Crippen molar-refractivity contribution in [1.82, 2.24) is 0 Å². The second-order valence-electron chi connectivity index (χ2n) is 5.09. The zero-order valence-electron chi connectivity index (χ0n) is 11.9. The predicted molar refractivity (Wildman–Crippen MR) is 75.1 cm³/mol. The Labute approximate surface area is 114 Å². The van der Waals surface area contributed by atoms with Gasteiger partial charge in [-0.25, -0.2) is 4.79 Å². The van der Waals surface area contributed by atoms with Gasteiger partial charge in [-0.15, -0.1) is 0 Å². The highest BCUT2D eigenvalue weighted by molar-refractivity contribution is 5.89. The lowest BCUT2D eigenvalue weighted by Gasteiger charge is -2.07.